The van der Waals surface area contributed by atoms with Crippen molar-refractivity contribution >= 4 is 28.5 Å². The number of hydrogen-bond acceptors (Lipinski definition) is 5. The van der Waals surface area contributed by atoms with Gasteiger partial charge in [0.1, 0.15) is 0 Å². The summed E-state index contributed by atoms with van der Waals surface area (Å²) < 4.78 is 4.89. The van der Waals surface area contributed by atoms with Gasteiger partial charge >= 0.3 is 5.69 Å². The van der Waals surface area contributed by atoms with E-state index < -0.39 is 16.8 Å². The molecule has 0 aliphatic carbocycles. The van der Waals surface area contributed by atoms with Crippen LogP contribution in [0.2, 0.25) is 5.02 Å². The SMILES string of the molecule is CCCCCc1c(O)n(Cc2ccc(Cl)cc2)c2nc3c(c(=O)n(C)c(=O)n3C)n2c1=O. The van der Waals surface area contributed by atoms with Gasteiger partial charge in [-0.1, -0.05) is 43.5 Å². The van der Waals surface area contributed by atoms with Crippen molar-refractivity contribution in [2.45, 2.75) is 39.2 Å². The van der Waals surface area contributed by atoms with Gasteiger partial charge in [0.25, 0.3) is 11.1 Å². The second-order valence-corrected chi connectivity index (χ2v) is 8.34. The molecule has 0 aliphatic rings. The highest BCUT2D eigenvalue weighted by molar-refractivity contribution is 6.30. The minimum absolute atomic E-state index is 0.0104. The molecule has 9 nitrogen and oxygen atoms in total. The molecule has 1 N–H and O–H groups in total. The molecule has 168 valence electrons. The van der Waals surface area contributed by atoms with Crippen LogP contribution in [0.15, 0.2) is 38.6 Å². The Morgan fingerprint density at radius 3 is 2.34 bits per heavy atom. The summed E-state index contributed by atoms with van der Waals surface area (Å²) in [5.74, 6) is -0.0966. The number of aromatic nitrogens is 5. The Bertz CT molecular complexity index is 1510. The Morgan fingerprint density at radius 1 is 1.00 bits per heavy atom. The van der Waals surface area contributed by atoms with Crippen LogP contribution in [-0.4, -0.2) is 28.2 Å². The highest BCUT2D eigenvalue weighted by Gasteiger charge is 2.24. The summed E-state index contributed by atoms with van der Waals surface area (Å²) in [5, 5.41) is 11.7. The van der Waals surface area contributed by atoms with Crippen LogP contribution in [-0.2, 0) is 27.1 Å². The number of aromatic hydroxyl groups is 1. The summed E-state index contributed by atoms with van der Waals surface area (Å²) in [7, 11) is 2.85. The third kappa shape index (κ3) is 3.42. The Hall–Kier alpha value is -3.33. The molecule has 10 heteroatoms. The second-order valence-electron chi connectivity index (χ2n) is 7.90. The van der Waals surface area contributed by atoms with Crippen LogP contribution in [0.4, 0.5) is 0 Å². The molecule has 0 bridgehead atoms. The van der Waals surface area contributed by atoms with Crippen molar-refractivity contribution in [3.05, 3.63) is 71.6 Å². The van der Waals surface area contributed by atoms with Crippen molar-refractivity contribution < 1.29 is 5.11 Å². The predicted octanol–water partition coefficient (Wildman–Crippen LogP) is 2.19. The van der Waals surface area contributed by atoms with Gasteiger partial charge in [-0.05, 0) is 30.5 Å². The molecule has 0 aliphatic heterocycles. The topological polar surface area (TPSA) is 104 Å². The average molecular weight is 458 g/mol. The lowest BCUT2D eigenvalue weighted by molar-refractivity contribution is 0.410. The summed E-state index contributed by atoms with van der Waals surface area (Å²) >= 11 is 5.99. The molecule has 0 amide bonds. The molecule has 4 rings (SSSR count). The molecule has 0 radical (unpaired) electrons. The van der Waals surface area contributed by atoms with Gasteiger partial charge in [0.2, 0.25) is 11.7 Å². The van der Waals surface area contributed by atoms with Gasteiger partial charge in [0.05, 0.1) is 12.1 Å². The van der Waals surface area contributed by atoms with E-state index in [1.807, 2.05) is 12.1 Å². The maximum absolute atomic E-state index is 13.4. The number of hydrogen-bond donors (Lipinski definition) is 1. The van der Waals surface area contributed by atoms with Crippen LogP contribution in [0, 0.1) is 0 Å². The number of fused-ring (bicyclic) bond motifs is 3. The van der Waals surface area contributed by atoms with E-state index in [1.165, 1.54) is 27.6 Å². The van der Waals surface area contributed by atoms with Crippen LogP contribution < -0.4 is 16.8 Å². The van der Waals surface area contributed by atoms with Crippen LogP contribution in [0.25, 0.3) is 16.9 Å². The molecule has 3 heterocycles. The Morgan fingerprint density at radius 2 is 1.69 bits per heavy atom. The lowest BCUT2D eigenvalue weighted by atomic mass is 10.1. The van der Waals surface area contributed by atoms with E-state index in [2.05, 4.69) is 11.9 Å². The van der Waals surface area contributed by atoms with Crippen LogP contribution >= 0.6 is 11.6 Å². The van der Waals surface area contributed by atoms with Crippen molar-refractivity contribution in [2.75, 3.05) is 0 Å². The van der Waals surface area contributed by atoms with Crippen molar-refractivity contribution in [3.63, 3.8) is 0 Å². The highest BCUT2D eigenvalue weighted by Crippen LogP contribution is 2.23. The number of aryl methyl sites for hydroxylation is 1. The molecule has 4 aromatic rings. The fourth-order valence-electron chi connectivity index (χ4n) is 3.93. The van der Waals surface area contributed by atoms with Gasteiger partial charge in [0.15, 0.2) is 11.2 Å². The van der Waals surface area contributed by atoms with Gasteiger partial charge in [-0.3, -0.25) is 23.3 Å². The number of unbranched alkanes of at least 4 members (excludes halogenated alkanes) is 2. The predicted molar refractivity (Wildman–Crippen MR) is 123 cm³/mol. The lowest BCUT2D eigenvalue weighted by Gasteiger charge is -2.15. The molecule has 0 saturated heterocycles. The van der Waals surface area contributed by atoms with Crippen LogP contribution in [0.5, 0.6) is 5.88 Å². The van der Waals surface area contributed by atoms with Crippen molar-refractivity contribution in [3.8, 4) is 5.88 Å². The summed E-state index contributed by atoms with van der Waals surface area (Å²) in [6, 6.07) is 7.09. The normalized spacial score (nSPS) is 11.6. The Balaban J connectivity index is 2.10. The van der Waals surface area contributed by atoms with Crippen LogP contribution in [0.3, 0.4) is 0 Å². The summed E-state index contributed by atoms with van der Waals surface area (Å²) in [6.45, 7) is 2.25. The molecular weight excluding hydrogens is 434 g/mol. The molecule has 0 unspecified atom stereocenters. The fraction of sp³-hybridized carbons (Fsp3) is 0.364. The first-order valence-corrected chi connectivity index (χ1v) is 10.8. The quantitative estimate of drug-likeness (QED) is 0.447. The van der Waals surface area contributed by atoms with E-state index in [9.17, 15) is 19.5 Å². The molecule has 0 saturated carbocycles. The van der Waals surface area contributed by atoms with Gasteiger partial charge in [-0.25, -0.2) is 9.20 Å². The van der Waals surface area contributed by atoms with E-state index >= 15 is 0 Å². The number of rotatable bonds is 6. The standard InChI is InChI=1S/C22H24ClN5O4/c1-4-5-6-7-15-18(29)27(12-13-8-10-14(23)11-9-13)21-24-17-16(28(21)19(15)30)20(31)26(3)22(32)25(17)2/h8-11,29H,4-7,12H2,1-3H3. The lowest BCUT2D eigenvalue weighted by Crippen LogP contribution is -2.38. The molecule has 0 spiro atoms. The van der Waals surface area contributed by atoms with E-state index in [-0.39, 0.29) is 34.9 Å². The van der Waals surface area contributed by atoms with Gasteiger partial charge in [-0.2, -0.15) is 4.98 Å². The monoisotopic (exact) mass is 457 g/mol. The van der Waals surface area contributed by atoms with Crippen molar-refractivity contribution in [1.29, 1.82) is 0 Å². The van der Waals surface area contributed by atoms with Gasteiger partial charge < -0.3 is 5.11 Å². The van der Waals surface area contributed by atoms with E-state index in [0.717, 1.165) is 29.4 Å². The minimum Gasteiger partial charge on any atom is -0.494 e. The molecule has 32 heavy (non-hydrogen) atoms. The first-order valence-electron chi connectivity index (χ1n) is 10.4. The maximum Gasteiger partial charge on any atom is 0.332 e. The van der Waals surface area contributed by atoms with Crippen molar-refractivity contribution in [1.82, 2.24) is 23.1 Å². The minimum atomic E-state index is -0.615. The van der Waals surface area contributed by atoms with Gasteiger partial charge in [0, 0.05) is 19.1 Å². The Labute approximate surface area is 187 Å². The number of nitrogens with zero attached hydrogens (tertiary/aromatic N) is 5. The molecule has 1 aromatic carbocycles. The number of imidazole rings is 1. The molecule has 3 aromatic heterocycles. The smallest absolute Gasteiger partial charge is 0.332 e. The summed E-state index contributed by atoms with van der Waals surface area (Å²) in [5.41, 5.74) is -0.523. The fourth-order valence-corrected chi connectivity index (χ4v) is 4.06. The maximum atomic E-state index is 13.4. The van der Waals surface area contributed by atoms with Crippen LogP contribution in [0.1, 0.15) is 37.3 Å². The Kier molecular flexibility index (Phi) is 5.68. The highest BCUT2D eigenvalue weighted by atomic mass is 35.5. The summed E-state index contributed by atoms with van der Waals surface area (Å²) in [6.07, 6.45) is 2.93. The number of halogens is 1. The molecule has 0 fully saturated rings. The zero-order valence-corrected chi connectivity index (χ0v) is 18.9. The zero-order valence-electron chi connectivity index (χ0n) is 18.1. The van der Waals surface area contributed by atoms with Gasteiger partial charge in [-0.15, -0.1) is 0 Å². The van der Waals surface area contributed by atoms with E-state index in [4.69, 9.17) is 11.6 Å². The van der Waals surface area contributed by atoms with E-state index in [1.54, 1.807) is 12.1 Å². The second kappa shape index (κ2) is 8.31. The third-order valence-electron chi connectivity index (χ3n) is 5.75. The third-order valence-corrected chi connectivity index (χ3v) is 6.00. The molecular formula is C22H24ClN5O4. The van der Waals surface area contributed by atoms with E-state index in [0.29, 0.717) is 11.4 Å². The summed E-state index contributed by atoms with van der Waals surface area (Å²) in [4.78, 5) is 43.2. The number of benzene rings is 1. The van der Waals surface area contributed by atoms with Crippen molar-refractivity contribution in [2.24, 2.45) is 14.1 Å². The first-order chi connectivity index (χ1) is 15.3. The first kappa shape index (κ1) is 21.9. The molecule has 0 atom stereocenters. The average Bonchev–Trinajstić information content (AvgIpc) is 3.18. The largest absolute Gasteiger partial charge is 0.494 e. The zero-order chi connectivity index (χ0) is 23.2.